The Hall–Kier alpha value is -0.410. The summed E-state index contributed by atoms with van der Waals surface area (Å²) in [6.07, 6.45) is -3.11. The van der Waals surface area contributed by atoms with Crippen LogP contribution in [0.1, 0.15) is 12.5 Å². The fraction of sp³-hybridized carbons (Fsp3) is 0.571. The van der Waals surface area contributed by atoms with Gasteiger partial charge in [0.15, 0.2) is 0 Å². The SMILES string of the molecule is CCNC(COCC(F)(F)C(F)F)Cc1ccc(I)cc1. The van der Waals surface area contributed by atoms with Crippen LogP contribution in [0.15, 0.2) is 24.3 Å². The molecule has 0 aliphatic carbocycles. The first-order chi connectivity index (χ1) is 9.85. The highest BCUT2D eigenvalue weighted by Gasteiger charge is 2.41. The molecule has 1 unspecified atom stereocenters. The molecule has 1 aromatic rings. The number of rotatable bonds is 9. The van der Waals surface area contributed by atoms with Crippen LogP contribution in [0, 0.1) is 3.57 Å². The van der Waals surface area contributed by atoms with Crippen molar-refractivity contribution in [3.63, 3.8) is 0 Å². The van der Waals surface area contributed by atoms with Crippen molar-refractivity contribution < 1.29 is 22.3 Å². The van der Waals surface area contributed by atoms with Gasteiger partial charge in [-0.15, -0.1) is 0 Å². The largest absolute Gasteiger partial charge is 0.373 e. The first-order valence-electron chi connectivity index (χ1n) is 6.56. The number of ether oxygens (including phenoxy) is 1. The van der Waals surface area contributed by atoms with Gasteiger partial charge in [-0.05, 0) is 53.3 Å². The lowest BCUT2D eigenvalue weighted by Gasteiger charge is -2.20. The fourth-order valence-electron chi connectivity index (χ4n) is 1.78. The van der Waals surface area contributed by atoms with E-state index >= 15 is 0 Å². The van der Waals surface area contributed by atoms with Gasteiger partial charge in [0.2, 0.25) is 0 Å². The molecular weight excluding hydrogens is 401 g/mol. The van der Waals surface area contributed by atoms with Gasteiger partial charge >= 0.3 is 12.3 Å². The minimum Gasteiger partial charge on any atom is -0.373 e. The maximum Gasteiger partial charge on any atom is 0.330 e. The first kappa shape index (κ1) is 18.6. The summed E-state index contributed by atoms with van der Waals surface area (Å²) in [6, 6.07) is 7.60. The van der Waals surface area contributed by atoms with Crippen LogP contribution in [0.2, 0.25) is 0 Å². The number of hydrogen-bond donors (Lipinski definition) is 1. The third-order valence-corrected chi connectivity index (χ3v) is 3.54. The lowest BCUT2D eigenvalue weighted by Crippen LogP contribution is -2.38. The predicted molar refractivity (Wildman–Crippen MR) is 82.1 cm³/mol. The van der Waals surface area contributed by atoms with E-state index in [1.54, 1.807) is 0 Å². The number of likely N-dealkylation sites (N-methyl/N-ethyl adjacent to an activating group) is 1. The monoisotopic (exact) mass is 419 g/mol. The smallest absolute Gasteiger partial charge is 0.330 e. The van der Waals surface area contributed by atoms with Crippen LogP contribution in [-0.4, -0.2) is 38.1 Å². The molecule has 2 nitrogen and oxygen atoms in total. The number of alkyl halides is 4. The van der Waals surface area contributed by atoms with Crippen LogP contribution in [0.3, 0.4) is 0 Å². The zero-order valence-electron chi connectivity index (χ0n) is 11.6. The van der Waals surface area contributed by atoms with Crippen LogP contribution in [0.4, 0.5) is 17.6 Å². The molecular formula is C14H18F4INO. The normalized spacial score (nSPS) is 13.7. The Morgan fingerprint density at radius 3 is 2.38 bits per heavy atom. The molecule has 7 heteroatoms. The number of halogens is 5. The molecule has 0 aliphatic heterocycles. The van der Waals surface area contributed by atoms with Crippen molar-refractivity contribution in [2.45, 2.75) is 31.7 Å². The Bertz CT molecular complexity index is 414. The zero-order valence-corrected chi connectivity index (χ0v) is 13.7. The highest BCUT2D eigenvalue weighted by atomic mass is 127. The first-order valence-corrected chi connectivity index (χ1v) is 7.64. The molecule has 0 heterocycles. The molecule has 0 fully saturated rings. The molecule has 0 saturated carbocycles. The average Bonchev–Trinajstić information content (AvgIpc) is 2.41. The fourth-order valence-corrected chi connectivity index (χ4v) is 2.14. The van der Waals surface area contributed by atoms with E-state index in [2.05, 4.69) is 27.9 Å². The molecule has 0 aliphatic rings. The van der Waals surface area contributed by atoms with Gasteiger partial charge in [-0.1, -0.05) is 19.1 Å². The van der Waals surface area contributed by atoms with E-state index in [1.165, 1.54) is 0 Å². The van der Waals surface area contributed by atoms with E-state index in [0.717, 1.165) is 9.13 Å². The highest BCUT2D eigenvalue weighted by molar-refractivity contribution is 14.1. The van der Waals surface area contributed by atoms with Gasteiger partial charge in [0.05, 0.1) is 6.61 Å². The molecule has 1 rings (SSSR count). The maximum atomic E-state index is 12.8. The zero-order chi connectivity index (χ0) is 15.9. The Labute approximate surface area is 135 Å². The molecule has 1 aromatic carbocycles. The van der Waals surface area contributed by atoms with E-state index < -0.39 is 19.0 Å². The van der Waals surface area contributed by atoms with Crippen LogP contribution in [-0.2, 0) is 11.2 Å². The van der Waals surface area contributed by atoms with Crippen LogP contribution in [0.25, 0.3) is 0 Å². The second-order valence-corrected chi connectivity index (χ2v) is 5.91. The quantitative estimate of drug-likeness (QED) is 0.487. The van der Waals surface area contributed by atoms with Gasteiger partial charge in [-0.2, -0.15) is 8.78 Å². The standard InChI is InChI=1S/C14H18F4INO/c1-2-20-12(7-10-3-5-11(19)6-4-10)8-21-9-14(17,18)13(15)16/h3-6,12-13,20H,2,7-9H2,1H3. The van der Waals surface area contributed by atoms with Crippen molar-refractivity contribution in [2.24, 2.45) is 0 Å². The third-order valence-electron chi connectivity index (χ3n) is 2.82. The maximum absolute atomic E-state index is 12.8. The summed E-state index contributed by atoms with van der Waals surface area (Å²) in [5.41, 5.74) is 1.03. The molecule has 0 spiro atoms. The van der Waals surface area contributed by atoms with Gasteiger partial charge in [0.1, 0.15) is 6.61 Å². The van der Waals surface area contributed by atoms with Crippen molar-refractivity contribution in [2.75, 3.05) is 19.8 Å². The second kappa shape index (κ2) is 8.89. The van der Waals surface area contributed by atoms with Gasteiger partial charge in [0.25, 0.3) is 0 Å². The Morgan fingerprint density at radius 2 is 1.86 bits per heavy atom. The van der Waals surface area contributed by atoms with Crippen molar-refractivity contribution >= 4 is 22.6 Å². The summed E-state index contributed by atoms with van der Waals surface area (Å²) in [7, 11) is 0. The third kappa shape index (κ3) is 6.92. The van der Waals surface area contributed by atoms with Gasteiger partial charge in [-0.25, -0.2) is 8.78 Å². The lowest BCUT2D eigenvalue weighted by atomic mass is 10.1. The number of benzene rings is 1. The summed E-state index contributed by atoms with van der Waals surface area (Å²) in [6.45, 7) is 1.22. The Morgan fingerprint density at radius 1 is 1.24 bits per heavy atom. The topological polar surface area (TPSA) is 21.3 Å². The van der Waals surface area contributed by atoms with Crippen molar-refractivity contribution in [1.82, 2.24) is 5.32 Å². The molecule has 120 valence electrons. The minimum atomic E-state index is -4.10. The number of hydrogen-bond acceptors (Lipinski definition) is 2. The molecule has 0 aromatic heterocycles. The van der Waals surface area contributed by atoms with E-state index in [9.17, 15) is 17.6 Å². The summed E-state index contributed by atoms with van der Waals surface area (Å²) in [5.74, 6) is -4.10. The lowest BCUT2D eigenvalue weighted by molar-refractivity contribution is -0.167. The molecule has 1 N–H and O–H groups in total. The average molecular weight is 419 g/mol. The Balaban J connectivity index is 2.48. The molecule has 21 heavy (non-hydrogen) atoms. The summed E-state index contributed by atoms with van der Waals surface area (Å²) in [5, 5.41) is 3.10. The minimum absolute atomic E-state index is 0.0395. The number of nitrogens with one attached hydrogen (secondary N) is 1. The Kier molecular flexibility index (Phi) is 7.89. The van der Waals surface area contributed by atoms with E-state index in [1.807, 2.05) is 31.2 Å². The van der Waals surface area contributed by atoms with E-state index in [0.29, 0.717) is 13.0 Å². The summed E-state index contributed by atoms with van der Waals surface area (Å²) < 4.78 is 55.4. The van der Waals surface area contributed by atoms with Crippen molar-refractivity contribution in [3.8, 4) is 0 Å². The van der Waals surface area contributed by atoms with E-state index in [4.69, 9.17) is 4.74 Å². The van der Waals surface area contributed by atoms with Crippen LogP contribution < -0.4 is 5.32 Å². The molecule has 0 bridgehead atoms. The predicted octanol–water partition coefficient (Wildman–Crippen LogP) is 3.73. The molecule has 1 atom stereocenters. The molecule has 0 saturated heterocycles. The van der Waals surface area contributed by atoms with E-state index in [-0.39, 0.29) is 12.6 Å². The molecule has 0 radical (unpaired) electrons. The second-order valence-electron chi connectivity index (χ2n) is 4.66. The van der Waals surface area contributed by atoms with Gasteiger partial charge < -0.3 is 10.1 Å². The molecule has 0 amide bonds. The van der Waals surface area contributed by atoms with Crippen molar-refractivity contribution in [3.05, 3.63) is 33.4 Å². The highest BCUT2D eigenvalue weighted by Crippen LogP contribution is 2.23. The van der Waals surface area contributed by atoms with Gasteiger partial charge in [-0.3, -0.25) is 0 Å². The summed E-state index contributed by atoms with van der Waals surface area (Å²) >= 11 is 2.19. The van der Waals surface area contributed by atoms with Gasteiger partial charge in [0, 0.05) is 9.61 Å². The summed E-state index contributed by atoms with van der Waals surface area (Å²) in [4.78, 5) is 0. The van der Waals surface area contributed by atoms with Crippen LogP contribution >= 0.6 is 22.6 Å². The van der Waals surface area contributed by atoms with Crippen molar-refractivity contribution in [1.29, 1.82) is 0 Å². The van der Waals surface area contributed by atoms with Crippen LogP contribution in [0.5, 0.6) is 0 Å².